The number of nitro benzene ring substituents is 1. The Kier molecular flexibility index (Phi) is 3.69. The van der Waals surface area contributed by atoms with E-state index in [-0.39, 0.29) is 18.5 Å². The minimum Gasteiger partial charge on any atom is -0.481 e. The van der Waals surface area contributed by atoms with Crippen molar-refractivity contribution in [2.45, 2.75) is 12.8 Å². The van der Waals surface area contributed by atoms with Crippen LogP contribution in [0.2, 0.25) is 0 Å². The third-order valence-electron chi connectivity index (χ3n) is 2.53. The summed E-state index contributed by atoms with van der Waals surface area (Å²) in [4.78, 5) is 20.6. The highest BCUT2D eigenvalue weighted by Crippen LogP contribution is 2.24. The van der Waals surface area contributed by atoms with Crippen LogP contribution in [0.25, 0.3) is 5.69 Å². The maximum absolute atomic E-state index is 13.7. The molecule has 1 heterocycles. The van der Waals surface area contributed by atoms with Gasteiger partial charge in [-0.15, -0.1) is 5.10 Å². The van der Waals surface area contributed by atoms with Gasteiger partial charge in [0.05, 0.1) is 23.2 Å². The van der Waals surface area contributed by atoms with Gasteiger partial charge in [0.2, 0.25) is 0 Å². The summed E-state index contributed by atoms with van der Waals surface area (Å²) in [6.45, 7) is 0. The third-order valence-corrected chi connectivity index (χ3v) is 2.53. The quantitative estimate of drug-likeness (QED) is 0.653. The lowest BCUT2D eigenvalue weighted by molar-refractivity contribution is -0.384. The number of carboxylic acids is 1. The van der Waals surface area contributed by atoms with Crippen LogP contribution in [0.1, 0.15) is 12.1 Å². The van der Waals surface area contributed by atoms with Crippen LogP contribution in [0, 0.1) is 15.9 Å². The zero-order valence-electron chi connectivity index (χ0n) is 10.1. The van der Waals surface area contributed by atoms with Crippen LogP contribution < -0.4 is 0 Å². The van der Waals surface area contributed by atoms with Gasteiger partial charge >= 0.3 is 5.97 Å². The van der Waals surface area contributed by atoms with E-state index < -0.39 is 22.4 Å². The second-order valence-electron chi connectivity index (χ2n) is 3.91. The summed E-state index contributed by atoms with van der Waals surface area (Å²) >= 11 is 0. The number of aliphatic carboxylic acids is 1. The van der Waals surface area contributed by atoms with Gasteiger partial charge < -0.3 is 5.11 Å². The molecule has 0 spiro atoms. The van der Waals surface area contributed by atoms with Gasteiger partial charge in [-0.05, 0) is 6.07 Å². The van der Waals surface area contributed by atoms with Crippen LogP contribution in [0.5, 0.6) is 0 Å². The van der Waals surface area contributed by atoms with E-state index in [4.69, 9.17) is 5.11 Å². The molecular weight excluding hydrogens is 271 g/mol. The van der Waals surface area contributed by atoms with Gasteiger partial charge in [-0.2, -0.15) is 0 Å². The summed E-state index contributed by atoms with van der Waals surface area (Å²) in [5, 5.41) is 26.7. The number of aryl methyl sites for hydroxylation is 1. The molecule has 0 aliphatic rings. The Morgan fingerprint density at radius 3 is 2.90 bits per heavy atom. The summed E-state index contributed by atoms with van der Waals surface area (Å²) in [6.07, 6.45) is 1.23. The molecule has 8 nitrogen and oxygen atoms in total. The first-order chi connectivity index (χ1) is 9.49. The maximum Gasteiger partial charge on any atom is 0.303 e. The van der Waals surface area contributed by atoms with Crippen LogP contribution in [0.15, 0.2) is 24.4 Å². The van der Waals surface area contributed by atoms with E-state index in [1.807, 2.05) is 0 Å². The minimum absolute atomic E-state index is 0.109. The molecule has 1 N–H and O–H groups in total. The van der Waals surface area contributed by atoms with E-state index in [0.29, 0.717) is 5.69 Å². The average Bonchev–Trinajstić information content (AvgIpc) is 2.84. The number of nitro groups is 1. The van der Waals surface area contributed by atoms with Crippen LogP contribution in [-0.4, -0.2) is 31.0 Å². The van der Waals surface area contributed by atoms with E-state index in [1.165, 1.54) is 12.3 Å². The Balaban J connectivity index is 2.37. The van der Waals surface area contributed by atoms with Gasteiger partial charge in [0.25, 0.3) is 5.69 Å². The molecule has 0 atom stereocenters. The summed E-state index contributed by atoms with van der Waals surface area (Å²) < 4.78 is 14.7. The van der Waals surface area contributed by atoms with Crippen LogP contribution >= 0.6 is 0 Å². The van der Waals surface area contributed by atoms with Gasteiger partial charge in [-0.1, -0.05) is 11.3 Å². The molecule has 0 fully saturated rings. The Morgan fingerprint density at radius 2 is 2.25 bits per heavy atom. The Bertz CT molecular complexity index is 670. The van der Waals surface area contributed by atoms with Crippen molar-refractivity contribution < 1.29 is 19.2 Å². The number of nitrogens with zero attached hydrogens (tertiary/aromatic N) is 4. The predicted octanol–water partition coefficient (Wildman–Crippen LogP) is 1.33. The molecule has 20 heavy (non-hydrogen) atoms. The third kappa shape index (κ3) is 2.76. The SMILES string of the molecule is O=C(O)CCc1cn(-c2c(F)cccc2[N+](=O)[O-])nn1. The molecule has 2 aromatic rings. The lowest BCUT2D eigenvalue weighted by Gasteiger charge is -2.02. The van der Waals surface area contributed by atoms with Crippen molar-refractivity contribution in [3.63, 3.8) is 0 Å². The molecule has 1 aromatic carbocycles. The molecule has 9 heteroatoms. The van der Waals surface area contributed by atoms with Crippen LogP contribution in [0.4, 0.5) is 10.1 Å². The molecule has 0 aliphatic heterocycles. The number of halogens is 1. The highest BCUT2D eigenvalue weighted by atomic mass is 19.1. The zero-order chi connectivity index (χ0) is 14.7. The summed E-state index contributed by atoms with van der Waals surface area (Å²) in [7, 11) is 0. The van der Waals surface area contributed by atoms with Crippen molar-refractivity contribution >= 4 is 11.7 Å². The molecule has 0 radical (unpaired) electrons. The molecule has 1 aromatic heterocycles. The topological polar surface area (TPSA) is 111 Å². The number of carbonyl (C=O) groups is 1. The Hall–Kier alpha value is -2.84. The second kappa shape index (κ2) is 5.43. The molecule has 0 saturated heterocycles. The van der Waals surface area contributed by atoms with Gasteiger partial charge in [-0.3, -0.25) is 14.9 Å². The second-order valence-corrected chi connectivity index (χ2v) is 3.91. The number of carboxylic acid groups (broad SMARTS) is 1. The van der Waals surface area contributed by atoms with Crippen molar-refractivity contribution in [1.29, 1.82) is 0 Å². The smallest absolute Gasteiger partial charge is 0.303 e. The highest BCUT2D eigenvalue weighted by Gasteiger charge is 2.21. The largest absolute Gasteiger partial charge is 0.481 e. The molecule has 104 valence electrons. The predicted molar refractivity (Wildman–Crippen MR) is 63.9 cm³/mol. The number of hydrogen-bond donors (Lipinski definition) is 1. The number of rotatable bonds is 5. The Labute approximate surface area is 111 Å². The van der Waals surface area contributed by atoms with E-state index in [2.05, 4.69) is 10.3 Å². The van der Waals surface area contributed by atoms with Gasteiger partial charge in [0.1, 0.15) is 0 Å². The molecule has 0 unspecified atom stereocenters. The lowest BCUT2D eigenvalue weighted by atomic mass is 10.2. The lowest BCUT2D eigenvalue weighted by Crippen LogP contribution is -2.03. The number of aromatic nitrogens is 3. The molecule has 0 saturated carbocycles. The van der Waals surface area contributed by atoms with E-state index in [0.717, 1.165) is 16.8 Å². The van der Waals surface area contributed by atoms with Crippen molar-refractivity contribution in [3.8, 4) is 5.69 Å². The standard InChI is InChI=1S/C11H9FN4O4/c12-8-2-1-3-9(16(19)20)11(8)15-6-7(13-14-15)4-5-10(17)18/h1-3,6H,4-5H2,(H,17,18). The van der Waals surface area contributed by atoms with Crippen molar-refractivity contribution in [2.75, 3.05) is 0 Å². The maximum atomic E-state index is 13.7. The van der Waals surface area contributed by atoms with Crippen molar-refractivity contribution in [2.24, 2.45) is 0 Å². The Morgan fingerprint density at radius 1 is 1.50 bits per heavy atom. The monoisotopic (exact) mass is 280 g/mol. The molecule has 0 aliphatic carbocycles. The summed E-state index contributed by atoms with van der Waals surface area (Å²) in [6, 6.07) is 3.44. The molecule has 2 rings (SSSR count). The van der Waals surface area contributed by atoms with Crippen molar-refractivity contribution in [3.05, 3.63) is 46.0 Å². The van der Waals surface area contributed by atoms with Gasteiger partial charge in [0, 0.05) is 12.5 Å². The number of hydrogen-bond acceptors (Lipinski definition) is 5. The fourth-order valence-electron chi connectivity index (χ4n) is 1.64. The minimum atomic E-state index is -1.00. The fraction of sp³-hybridized carbons (Fsp3) is 0.182. The zero-order valence-corrected chi connectivity index (χ0v) is 10.1. The average molecular weight is 280 g/mol. The number of benzene rings is 1. The number of para-hydroxylation sites is 1. The van der Waals surface area contributed by atoms with Gasteiger partial charge in [-0.25, -0.2) is 9.07 Å². The van der Waals surface area contributed by atoms with Gasteiger partial charge in [0.15, 0.2) is 11.5 Å². The molecule has 0 bridgehead atoms. The van der Waals surface area contributed by atoms with Crippen LogP contribution in [-0.2, 0) is 11.2 Å². The van der Waals surface area contributed by atoms with Crippen LogP contribution in [0.3, 0.4) is 0 Å². The molecule has 0 amide bonds. The molecular formula is C11H9FN4O4. The fourth-order valence-corrected chi connectivity index (χ4v) is 1.64. The highest BCUT2D eigenvalue weighted by molar-refractivity contribution is 5.66. The first-order valence-electron chi connectivity index (χ1n) is 5.55. The normalized spacial score (nSPS) is 10.4. The van der Waals surface area contributed by atoms with E-state index >= 15 is 0 Å². The van der Waals surface area contributed by atoms with E-state index in [9.17, 15) is 19.3 Å². The first kappa shape index (κ1) is 13.6. The van der Waals surface area contributed by atoms with E-state index in [1.54, 1.807) is 0 Å². The summed E-state index contributed by atoms with van der Waals surface area (Å²) in [5.41, 5.74) is -0.462. The van der Waals surface area contributed by atoms with Crippen molar-refractivity contribution in [1.82, 2.24) is 15.0 Å². The first-order valence-corrected chi connectivity index (χ1v) is 5.55. The summed E-state index contributed by atoms with van der Waals surface area (Å²) in [5.74, 6) is -1.81.